The summed E-state index contributed by atoms with van der Waals surface area (Å²) in [5.74, 6) is 0.157. The molecule has 2 N–H and O–H groups in total. The average molecular weight is 292 g/mol. The van der Waals surface area contributed by atoms with E-state index in [9.17, 15) is 9.90 Å². The van der Waals surface area contributed by atoms with Crippen LogP contribution in [0.4, 0.5) is 0 Å². The summed E-state index contributed by atoms with van der Waals surface area (Å²) in [6, 6.07) is 5.22. The third-order valence-electron chi connectivity index (χ3n) is 3.87. The molecule has 5 nitrogen and oxygen atoms in total. The van der Waals surface area contributed by atoms with Crippen molar-refractivity contribution in [2.45, 2.75) is 19.4 Å². The lowest BCUT2D eigenvalue weighted by Crippen LogP contribution is -2.45. The second-order valence-corrected chi connectivity index (χ2v) is 5.68. The zero-order valence-corrected chi connectivity index (χ0v) is 11.9. The Bertz CT molecular complexity index is 706. The molecule has 1 aliphatic heterocycles. The second kappa shape index (κ2) is 5.03. The van der Waals surface area contributed by atoms with Gasteiger partial charge in [0.05, 0.1) is 11.6 Å². The number of benzene rings is 1. The summed E-state index contributed by atoms with van der Waals surface area (Å²) in [5.41, 5.74) is 1.91. The number of carbonyl (C=O) groups excluding carboxylic acids is 1. The van der Waals surface area contributed by atoms with Crippen LogP contribution < -0.4 is 0 Å². The molecular weight excluding hydrogens is 276 g/mol. The lowest BCUT2D eigenvalue weighted by atomic mass is 9.95. The number of nitrogens with zero attached hydrogens (tertiary/aromatic N) is 1. The van der Waals surface area contributed by atoms with Crippen molar-refractivity contribution in [1.29, 1.82) is 0 Å². The number of rotatable bonds is 1. The summed E-state index contributed by atoms with van der Waals surface area (Å²) in [7, 11) is 0. The minimum absolute atomic E-state index is 0.0832. The van der Waals surface area contributed by atoms with E-state index >= 15 is 0 Å². The standard InChI is InChI=1S/C14H16N2O3S/c1-8-4-5-16(7-11(8)17)13(18)9-2-3-10-12(6-9)19-14(20)15-10/h2-3,6,8,11,17H,4-5,7H2,1H3,(H,15,20). The van der Waals surface area contributed by atoms with Gasteiger partial charge in [-0.1, -0.05) is 6.92 Å². The minimum Gasteiger partial charge on any atom is -0.429 e. The van der Waals surface area contributed by atoms with Crippen LogP contribution in [0.3, 0.4) is 0 Å². The predicted molar refractivity (Wildman–Crippen MR) is 77.1 cm³/mol. The molecule has 2 aromatic rings. The molecule has 1 amide bonds. The Labute approximate surface area is 121 Å². The Balaban J connectivity index is 1.86. The topological polar surface area (TPSA) is 69.5 Å². The Morgan fingerprint density at radius 2 is 2.35 bits per heavy atom. The van der Waals surface area contributed by atoms with Crippen LogP contribution in [-0.2, 0) is 0 Å². The number of β-amino-alcohol motifs (C(OH)–C–C–N with tert-alkyl or cyclic N) is 1. The molecule has 6 heteroatoms. The van der Waals surface area contributed by atoms with E-state index in [-0.39, 0.29) is 11.8 Å². The largest absolute Gasteiger partial charge is 0.429 e. The highest BCUT2D eigenvalue weighted by atomic mass is 32.1. The molecule has 2 atom stereocenters. The van der Waals surface area contributed by atoms with Gasteiger partial charge in [-0.3, -0.25) is 4.79 Å². The molecule has 1 saturated heterocycles. The van der Waals surface area contributed by atoms with Crippen molar-refractivity contribution < 1.29 is 14.3 Å². The number of nitrogens with one attached hydrogen (secondary N) is 1. The number of H-pyrrole nitrogens is 1. The quantitative estimate of drug-likeness (QED) is 0.792. The monoisotopic (exact) mass is 292 g/mol. The van der Waals surface area contributed by atoms with Crippen molar-refractivity contribution in [1.82, 2.24) is 9.88 Å². The van der Waals surface area contributed by atoms with E-state index in [1.165, 1.54) is 0 Å². The number of oxazole rings is 1. The maximum absolute atomic E-state index is 12.4. The number of piperidine rings is 1. The van der Waals surface area contributed by atoms with Crippen LogP contribution in [0.1, 0.15) is 23.7 Å². The highest BCUT2D eigenvalue weighted by molar-refractivity contribution is 7.71. The van der Waals surface area contributed by atoms with Gasteiger partial charge < -0.3 is 19.4 Å². The number of hydrogen-bond donors (Lipinski definition) is 2. The average Bonchev–Trinajstić information content (AvgIpc) is 2.80. The van der Waals surface area contributed by atoms with Gasteiger partial charge in [0.2, 0.25) is 0 Å². The minimum atomic E-state index is -0.451. The van der Waals surface area contributed by atoms with E-state index in [2.05, 4.69) is 4.98 Å². The molecule has 106 valence electrons. The Kier molecular flexibility index (Phi) is 3.35. The predicted octanol–water partition coefficient (Wildman–Crippen LogP) is 2.33. The molecule has 2 unspecified atom stereocenters. The van der Waals surface area contributed by atoms with E-state index < -0.39 is 6.10 Å². The molecule has 3 rings (SSSR count). The number of fused-ring (bicyclic) bond motifs is 1. The summed E-state index contributed by atoms with van der Waals surface area (Å²) < 4.78 is 5.32. The zero-order chi connectivity index (χ0) is 14.3. The van der Waals surface area contributed by atoms with Crippen molar-refractivity contribution >= 4 is 29.2 Å². The molecule has 0 radical (unpaired) electrons. The van der Waals surface area contributed by atoms with E-state index in [1.807, 2.05) is 6.92 Å². The van der Waals surface area contributed by atoms with Crippen LogP contribution in [0.5, 0.6) is 0 Å². The van der Waals surface area contributed by atoms with Crippen molar-refractivity contribution in [3.05, 3.63) is 28.6 Å². The number of aliphatic hydroxyl groups is 1. The Hall–Kier alpha value is -1.66. The fraction of sp³-hybridized carbons (Fsp3) is 0.429. The van der Waals surface area contributed by atoms with Gasteiger partial charge in [0.15, 0.2) is 5.58 Å². The lowest BCUT2D eigenvalue weighted by molar-refractivity contribution is 0.0249. The number of likely N-dealkylation sites (tertiary alicyclic amines) is 1. The van der Waals surface area contributed by atoms with Gasteiger partial charge in [-0.25, -0.2) is 0 Å². The number of aromatic nitrogens is 1. The Morgan fingerprint density at radius 3 is 3.10 bits per heavy atom. The number of amides is 1. The molecule has 0 saturated carbocycles. The Morgan fingerprint density at radius 1 is 1.55 bits per heavy atom. The normalized spacial score (nSPS) is 23.2. The zero-order valence-electron chi connectivity index (χ0n) is 11.1. The molecule has 0 aliphatic carbocycles. The number of aliphatic hydroxyl groups excluding tert-OH is 1. The summed E-state index contributed by atoms with van der Waals surface area (Å²) in [6.45, 7) is 3.06. The molecule has 2 heterocycles. The smallest absolute Gasteiger partial charge is 0.266 e. The van der Waals surface area contributed by atoms with Gasteiger partial charge >= 0.3 is 0 Å². The van der Waals surface area contributed by atoms with Crippen LogP contribution in [-0.4, -0.2) is 40.1 Å². The molecule has 20 heavy (non-hydrogen) atoms. The fourth-order valence-electron chi connectivity index (χ4n) is 2.49. The van der Waals surface area contributed by atoms with Crippen molar-refractivity contribution in [2.24, 2.45) is 5.92 Å². The van der Waals surface area contributed by atoms with Crippen LogP contribution in [0, 0.1) is 10.8 Å². The molecule has 0 spiro atoms. The number of aromatic amines is 1. The van der Waals surface area contributed by atoms with Gasteiger partial charge in [0.25, 0.3) is 10.7 Å². The maximum Gasteiger partial charge on any atom is 0.266 e. The highest BCUT2D eigenvalue weighted by Crippen LogP contribution is 2.21. The maximum atomic E-state index is 12.4. The summed E-state index contributed by atoms with van der Waals surface area (Å²) in [5, 5.41) is 9.89. The first-order chi connectivity index (χ1) is 9.54. The van der Waals surface area contributed by atoms with E-state index in [1.54, 1.807) is 23.1 Å². The first kappa shape index (κ1) is 13.3. The number of hydrogen-bond acceptors (Lipinski definition) is 4. The fourth-order valence-corrected chi connectivity index (χ4v) is 2.69. The molecule has 0 bridgehead atoms. The molecule has 1 aromatic carbocycles. The van der Waals surface area contributed by atoms with Gasteiger partial charge in [-0.2, -0.15) is 0 Å². The van der Waals surface area contributed by atoms with E-state index in [4.69, 9.17) is 16.6 Å². The second-order valence-electron chi connectivity index (χ2n) is 5.31. The molecular formula is C14H16N2O3S. The van der Waals surface area contributed by atoms with Gasteiger partial charge in [0, 0.05) is 18.7 Å². The lowest BCUT2D eigenvalue weighted by Gasteiger charge is -2.34. The first-order valence-electron chi connectivity index (χ1n) is 6.65. The molecule has 1 aromatic heterocycles. The third-order valence-corrected chi connectivity index (χ3v) is 4.06. The van der Waals surface area contributed by atoms with Gasteiger partial charge in [-0.15, -0.1) is 0 Å². The SMILES string of the molecule is CC1CCN(C(=O)c2ccc3[nH]c(=S)oc3c2)CC1O. The number of carbonyl (C=O) groups is 1. The van der Waals surface area contributed by atoms with Gasteiger partial charge in [0.1, 0.15) is 0 Å². The first-order valence-corrected chi connectivity index (χ1v) is 7.05. The van der Waals surface area contributed by atoms with Gasteiger partial charge in [-0.05, 0) is 42.8 Å². The van der Waals surface area contributed by atoms with E-state index in [0.29, 0.717) is 29.1 Å². The van der Waals surface area contributed by atoms with Crippen molar-refractivity contribution in [3.63, 3.8) is 0 Å². The molecule has 1 fully saturated rings. The van der Waals surface area contributed by atoms with E-state index in [0.717, 1.165) is 11.9 Å². The molecule has 1 aliphatic rings. The summed E-state index contributed by atoms with van der Waals surface area (Å²) in [4.78, 5) is 17.3. The summed E-state index contributed by atoms with van der Waals surface area (Å²) in [6.07, 6.45) is 0.368. The van der Waals surface area contributed by atoms with Crippen LogP contribution in [0.25, 0.3) is 11.1 Å². The summed E-state index contributed by atoms with van der Waals surface area (Å²) >= 11 is 4.92. The van der Waals surface area contributed by atoms with Crippen LogP contribution >= 0.6 is 12.2 Å². The van der Waals surface area contributed by atoms with Crippen LogP contribution in [0.15, 0.2) is 22.6 Å². The third kappa shape index (κ3) is 2.36. The van der Waals surface area contributed by atoms with Crippen LogP contribution in [0.2, 0.25) is 0 Å². The van der Waals surface area contributed by atoms with Crippen molar-refractivity contribution in [2.75, 3.05) is 13.1 Å². The van der Waals surface area contributed by atoms with Crippen molar-refractivity contribution in [3.8, 4) is 0 Å². The highest BCUT2D eigenvalue weighted by Gasteiger charge is 2.28.